The Bertz CT molecular complexity index is 75.6. The predicted molar refractivity (Wildman–Crippen MR) is 53.6 cm³/mol. The number of aliphatic imine (C=N–C) groups is 1. The molecule has 0 amide bonds. The van der Waals surface area contributed by atoms with Gasteiger partial charge in [-0.15, -0.1) is 0 Å². The quantitative estimate of drug-likeness (QED) is 0.574. The molecule has 68 valence electrons. The van der Waals surface area contributed by atoms with Gasteiger partial charge < -0.3 is 4.90 Å². The molecule has 11 heavy (non-hydrogen) atoms. The zero-order valence-electron chi connectivity index (χ0n) is 8.59. The molecule has 0 rings (SSSR count). The van der Waals surface area contributed by atoms with E-state index in [-0.39, 0.29) is 0 Å². The van der Waals surface area contributed by atoms with Gasteiger partial charge in [0.05, 0.1) is 0 Å². The Morgan fingerprint density at radius 2 is 1.64 bits per heavy atom. The molecule has 0 heterocycles. The van der Waals surface area contributed by atoms with E-state index in [9.17, 15) is 0 Å². The minimum atomic E-state index is 0.913. The highest BCUT2D eigenvalue weighted by atomic mass is 15.1. The van der Waals surface area contributed by atoms with Crippen LogP contribution >= 0.6 is 0 Å². The van der Waals surface area contributed by atoms with Crippen molar-refractivity contribution in [1.82, 2.24) is 4.90 Å². The number of nitrogens with zero attached hydrogens (tertiary/aromatic N) is 2. The molecule has 0 bridgehead atoms. The van der Waals surface area contributed by atoms with Gasteiger partial charge in [-0.3, -0.25) is 4.99 Å². The second-order valence-corrected chi connectivity index (χ2v) is 2.25. The number of hydrogen-bond donors (Lipinski definition) is 0. The lowest BCUT2D eigenvalue weighted by molar-refractivity contribution is 0.373. The second-order valence-electron chi connectivity index (χ2n) is 2.25. The standard InChI is InChI=1S/C5H13N.C4H9N/c1-4-6(3)5-2;1-3-5-4-2/h4-5H2,1-3H3;3H,4H2,1-2H3. The molecule has 0 unspecified atom stereocenters. The van der Waals surface area contributed by atoms with Gasteiger partial charge >= 0.3 is 0 Å². The highest BCUT2D eigenvalue weighted by Crippen LogP contribution is 1.73. The Hall–Kier alpha value is -0.370. The van der Waals surface area contributed by atoms with Gasteiger partial charge in [0.2, 0.25) is 0 Å². The zero-order valence-corrected chi connectivity index (χ0v) is 8.59. The van der Waals surface area contributed by atoms with Gasteiger partial charge in [0.25, 0.3) is 0 Å². The summed E-state index contributed by atoms with van der Waals surface area (Å²) in [5.41, 5.74) is 0. The first-order valence-corrected chi connectivity index (χ1v) is 4.35. The number of hydrogen-bond acceptors (Lipinski definition) is 2. The van der Waals surface area contributed by atoms with E-state index >= 15 is 0 Å². The largest absolute Gasteiger partial charge is 0.307 e. The summed E-state index contributed by atoms with van der Waals surface area (Å²) in [6, 6.07) is 0. The molecule has 0 radical (unpaired) electrons. The van der Waals surface area contributed by atoms with Crippen LogP contribution in [0.15, 0.2) is 4.99 Å². The molecule has 2 nitrogen and oxygen atoms in total. The van der Waals surface area contributed by atoms with Crippen LogP contribution < -0.4 is 0 Å². The van der Waals surface area contributed by atoms with Gasteiger partial charge in [-0.1, -0.05) is 13.8 Å². The topological polar surface area (TPSA) is 15.6 Å². The van der Waals surface area contributed by atoms with Gasteiger partial charge in [0, 0.05) is 6.54 Å². The summed E-state index contributed by atoms with van der Waals surface area (Å²) in [5.74, 6) is 0. The maximum Gasteiger partial charge on any atom is 0.0356 e. The smallest absolute Gasteiger partial charge is 0.0356 e. The van der Waals surface area contributed by atoms with E-state index in [1.165, 1.54) is 0 Å². The van der Waals surface area contributed by atoms with E-state index < -0.39 is 0 Å². The normalized spacial score (nSPS) is 10.0. The molecule has 0 aromatic rings. The third kappa shape index (κ3) is 17.7. The fraction of sp³-hybridized carbons (Fsp3) is 0.889. The molecule has 0 aliphatic carbocycles. The predicted octanol–water partition coefficient (Wildman–Crippen LogP) is 2.06. The Labute approximate surface area is 71.3 Å². The van der Waals surface area contributed by atoms with E-state index in [1.54, 1.807) is 6.21 Å². The molecule has 0 aromatic heterocycles. The van der Waals surface area contributed by atoms with E-state index in [1.807, 2.05) is 13.8 Å². The lowest BCUT2D eigenvalue weighted by Gasteiger charge is -2.07. The van der Waals surface area contributed by atoms with Gasteiger partial charge in [-0.25, -0.2) is 0 Å². The van der Waals surface area contributed by atoms with Crippen molar-refractivity contribution >= 4 is 6.21 Å². The van der Waals surface area contributed by atoms with Crippen molar-refractivity contribution in [2.75, 3.05) is 26.7 Å². The Morgan fingerprint density at radius 1 is 1.18 bits per heavy atom. The third-order valence-corrected chi connectivity index (χ3v) is 1.44. The first kappa shape index (κ1) is 13.2. The van der Waals surface area contributed by atoms with E-state index in [0.717, 1.165) is 19.6 Å². The third-order valence-electron chi connectivity index (χ3n) is 1.44. The van der Waals surface area contributed by atoms with Crippen LogP contribution in [0.4, 0.5) is 0 Å². The minimum Gasteiger partial charge on any atom is -0.307 e. The van der Waals surface area contributed by atoms with Crippen LogP contribution in [-0.2, 0) is 0 Å². The first-order valence-electron chi connectivity index (χ1n) is 4.35. The van der Waals surface area contributed by atoms with E-state index in [0.29, 0.717) is 0 Å². The maximum atomic E-state index is 3.85. The van der Waals surface area contributed by atoms with Gasteiger partial charge in [0.15, 0.2) is 0 Å². The van der Waals surface area contributed by atoms with E-state index in [4.69, 9.17) is 0 Å². The van der Waals surface area contributed by atoms with Crippen molar-refractivity contribution in [3.05, 3.63) is 0 Å². The highest BCUT2D eigenvalue weighted by molar-refractivity contribution is 5.52. The lowest BCUT2D eigenvalue weighted by Crippen LogP contribution is -2.15. The summed E-state index contributed by atoms with van der Waals surface area (Å²) < 4.78 is 0. The average Bonchev–Trinajstić information content (AvgIpc) is 2.06. The van der Waals surface area contributed by atoms with Crippen molar-refractivity contribution < 1.29 is 0 Å². The monoisotopic (exact) mass is 158 g/mol. The molecular weight excluding hydrogens is 136 g/mol. The molecule has 0 spiro atoms. The fourth-order valence-electron chi connectivity index (χ4n) is 0.406. The highest BCUT2D eigenvalue weighted by Gasteiger charge is 1.81. The Morgan fingerprint density at radius 3 is 1.64 bits per heavy atom. The summed E-state index contributed by atoms with van der Waals surface area (Å²) in [4.78, 5) is 6.10. The maximum absolute atomic E-state index is 3.85. The van der Waals surface area contributed by atoms with E-state index in [2.05, 4.69) is 30.8 Å². The molecule has 0 N–H and O–H groups in total. The summed E-state index contributed by atoms with van der Waals surface area (Å²) >= 11 is 0. The van der Waals surface area contributed by atoms with Crippen LogP contribution in [0, 0.1) is 0 Å². The lowest BCUT2D eigenvalue weighted by atomic mass is 10.6. The molecule has 0 atom stereocenters. The number of rotatable bonds is 3. The molecule has 0 aliphatic rings. The Kier molecular flexibility index (Phi) is 14.8. The summed E-state index contributed by atoms with van der Waals surface area (Å²) in [6.45, 7) is 11.5. The van der Waals surface area contributed by atoms with Crippen LogP contribution in [0.1, 0.15) is 27.7 Å². The van der Waals surface area contributed by atoms with Gasteiger partial charge in [-0.05, 0) is 40.2 Å². The van der Waals surface area contributed by atoms with Crippen molar-refractivity contribution in [3.63, 3.8) is 0 Å². The van der Waals surface area contributed by atoms with Crippen molar-refractivity contribution in [1.29, 1.82) is 0 Å². The SMILES string of the molecule is CC=NCC.CCN(C)CC. The van der Waals surface area contributed by atoms with Crippen LogP contribution in [0.3, 0.4) is 0 Å². The molecule has 0 aromatic carbocycles. The van der Waals surface area contributed by atoms with Crippen LogP contribution in [0.5, 0.6) is 0 Å². The van der Waals surface area contributed by atoms with Crippen LogP contribution in [-0.4, -0.2) is 37.8 Å². The van der Waals surface area contributed by atoms with Crippen molar-refractivity contribution in [2.45, 2.75) is 27.7 Å². The van der Waals surface area contributed by atoms with Gasteiger partial charge in [-0.2, -0.15) is 0 Å². The fourth-order valence-corrected chi connectivity index (χ4v) is 0.406. The minimum absolute atomic E-state index is 0.913. The molecule has 0 fully saturated rings. The van der Waals surface area contributed by atoms with Crippen LogP contribution in [0.2, 0.25) is 0 Å². The molecule has 0 saturated carbocycles. The average molecular weight is 158 g/mol. The van der Waals surface area contributed by atoms with Gasteiger partial charge in [0.1, 0.15) is 0 Å². The summed E-state index contributed by atoms with van der Waals surface area (Å²) in [7, 11) is 2.11. The van der Waals surface area contributed by atoms with Crippen LogP contribution in [0.25, 0.3) is 0 Å². The molecule has 0 saturated heterocycles. The Balaban J connectivity index is 0. The molecule has 0 aliphatic heterocycles. The second kappa shape index (κ2) is 12.3. The van der Waals surface area contributed by atoms with Crippen molar-refractivity contribution in [2.24, 2.45) is 4.99 Å². The molecule has 2 heteroatoms. The van der Waals surface area contributed by atoms with Crippen molar-refractivity contribution in [3.8, 4) is 0 Å². The molecular formula is C9H22N2. The zero-order chi connectivity index (χ0) is 9.11. The summed E-state index contributed by atoms with van der Waals surface area (Å²) in [5, 5.41) is 0. The first-order chi connectivity index (χ1) is 5.22. The summed E-state index contributed by atoms with van der Waals surface area (Å²) in [6.07, 6.45) is 1.81.